The number of cyclic esters (lactones) is 1. The fraction of sp³-hybridized carbons (Fsp3) is 0.385. The van der Waals surface area contributed by atoms with Crippen molar-refractivity contribution < 1.29 is 24.2 Å². The Morgan fingerprint density at radius 3 is 2.78 bits per heavy atom. The average molecular weight is 250 g/mol. The first-order chi connectivity index (χ1) is 8.58. The number of ether oxygens (including phenoxy) is 2. The zero-order valence-electron chi connectivity index (χ0n) is 9.96. The molecule has 96 valence electrons. The third-order valence-corrected chi connectivity index (χ3v) is 2.83. The summed E-state index contributed by atoms with van der Waals surface area (Å²) in [6.07, 6.45) is -1.39. The van der Waals surface area contributed by atoms with E-state index in [0.717, 1.165) is 0 Å². The smallest absolute Gasteiger partial charge is 0.343 e. The van der Waals surface area contributed by atoms with Crippen LogP contribution in [-0.2, 0) is 19.1 Å². The Kier molecular flexibility index (Phi) is 3.34. The molecule has 1 N–H and O–H groups in total. The molecule has 0 aromatic heterocycles. The molecule has 0 radical (unpaired) electrons. The van der Waals surface area contributed by atoms with E-state index in [-0.39, 0.29) is 13.0 Å². The third kappa shape index (κ3) is 2.09. The van der Waals surface area contributed by atoms with Gasteiger partial charge >= 0.3 is 11.9 Å². The van der Waals surface area contributed by atoms with Crippen LogP contribution >= 0.6 is 0 Å². The minimum Gasteiger partial charge on any atom is -0.464 e. The van der Waals surface area contributed by atoms with E-state index in [0.29, 0.717) is 5.56 Å². The van der Waals surface area contributed by atoms with Gasteiger partial charge in [0, 0.05) is 0 Å². The van der Waals surface area contributed by atoms with Gasteiger partial charge < -0.3 is 14.6 Å². The van der Waals surface area contributed by atoms with Crippen LogP contribution in [0.25, 0.3) is 0 Å². The van der Waals surface area contributed by atoms with Crippen molar-refractivity contribution in [2.75, 3.05) is 6.61 Å². The van der Waals surface area contributed by atoms with Crippen molar-refractivity contribution in [1.82, 2.24) is 0 Å². The van der Waals surface area contributed by atoms with E-state index in [2.05, 4.69) is 0 Å². The van der Waals surface area contributed by atoms with Crippen molar-refractivity contribution in [2.45, 2.75) is 25.0 Å². The minimum atomic E-state index is -1.94. The highest BCUT2D eigenvalue weighted by atomic mass is 16.6. The molecule has 0 bridgehead atoms. The van der Waals surface area contributed by atoms with E-state index in [9.17, 15) is 14.7 Å². The molecule has 2 atom stereocenters. The maximum absolute atomic E-state index is 11.8. The van der Waals surface area contributed by atoms with Gasteiger partial charge in [-0.25, -0.2) is 4.79 Å². The van der Waals surface area contributed by atoms with Crippen LogP contribution in [0.4, 0.5) is 0 Å². The van der Waals surface area contributed by atoms with Gasteiger partial charge in [0.05, 0.1) is 13.0 Å². The molecule has 1 aliphatic heterocycles. The second kappa shape index (κ2) is 4.78. The first-order valence-electron chi connectivity index (χ1n) is 5.72. The maximum atomic E-state index is 11.8. The predicted molar refractivity (Wildman–Crippen MR) is 61.5 cm³/mol. The molecule has 1 saturated heterocycles. The van der Waals surface area contributed by atoms with Gasteiger partial charge in [-0.3, -0.25) is 4.79 Å². The second-order valence-electron chi connectivity index (χ2n) is 4.10. The molecule has 1 heterocycles. The topological polar surface area (TPSA) is 72.8 Å². The number of rotatable bonds is 3. The minimum absolute atomic E-state index is 0.136. The highest BCUT2D eigenvalue weighted by Crippen LogP contribution is 2.39. The summed E-state index contributed by atoms with van der Waals surface area (Å²) >= 11 is 0. The monoisotopic (exact) mass is 250 g/mol. The number of aliphatic hydroxyl groups is 1. The Morgan fingerprint density at radius 1 is 1.50 bits per heavy atom. The fourth-order valence-corrected chi connectivity index (χ4v) is 1.99. The first kappa shape index (κ1) is 12.6. The van der Waals surface area contributed by atoms with Gasteiger partial charge in [0.15, 0.2) is 6.10 Å². The summed E-state index contributed by atoms with van der Waals surface area (Å²) in [6.45, 7) is 1.77. The summed E-state index contributed by atoms with van der Waals surface area (Å²) in [7, 11) is 0. The number of carbonyl (C=O) groups is 2. The standard InChI is InChI=1S/C13H14O5/c1-2-17-12(15)13(16)8-10(14)18-11(13)9-6-4-3-5-7-9/h3-7,11,16H,2,8H2,1H3/t11-,13+/m0/s1. The molecule has 0 saturated carbocycles. The lowest BCUT2D eigenvalue weighted by molar-refractivity contribution is -0.171. The van der Waals surface area contributed by atoms with Crippen molar-refractivity contribution >= 4 is 11.9 Å². The Hall–Kier alpha value is -1.88. The number of hydrogen-bond donors (Lipinski definition) is 1. The molecule has 1 aliphatic rings. The largest absolute Gasteiger partial charge is 0.464 e. The Labute approximate surface area is 104 Å². The van der Waals surface area contributed by atoms with Gasteiger partial charge in [-0.15, -0.1) is 0 Å². The zero-order chi connectivity index (χ0) is 13.2. The van der Waals surface area contributed by atoms with Crippen molar-refractivity contribution in [3.8, 4) is 0 Å². The van der Waals surface area contributed by atoms with Crippen molar-refractivity contribution in [2.24, 2.45) is 0 Å². The van der Waals surface area contributed by atoms with E-state index in [1.807, 2.05) is 0 Å². The van der Waals surface area contributed by atoms with Crippen LogP contribution in [0.1, 0.15) is 25.0 Å². The summed E-state index contributed by atoms with van der Waals surface area (Å²) in [6, 6.07) is 8.66. The summed E-state index contributed by atoms with van der Waals surface area (Å²) in [5, 5.41) is 10.4. The van der Waals surface area contributed by atoms with Gasteiger partial charge in [0.1, 0.15) is 0 Å². The van der Waals surface area contributed by atoms with Crippen LogP contribution in [-0.4, -0.2) is 29.3 Å². The second-order valence-corrected chi connectivity index (χ2v) is 4.10. The van der Waals surface area contributed by atoms with Gasteiger partial charge in [-0.1, -0.05) is 30.3 Å². The van der Waals surface area contributed by atoms with Crippen molar-refractivity contribution in [3.63, 3.8) is 0 Å². The fourth-order valence-electron chi connectivity index (χ4n) is 1.99. The molecule has 18 heavy (non-hydrogen) atoms. The van der Waals surface area contributed by atoms with Crippen molar-refractivity contribution in [3.05, 3.63) is 35.9 Å². The van der Waals surface area contributed by atoms with Gasteiger partial charge in [0.2, 0.25) is 5.60 Å². The van der Waals surface area contributed by atoms with E-state index < -0.39 is 23.6 Å². The number of benzene rings is 1. The molecular weight excluding hydrogens is 236 g/mol. The van der Waals surface area contributed by atoms with Crippen molar-refractivity contribution in [1.29, 1.82) is 0 Å². The molecule has 0 aliphatic carbocycles. The van der Waals surface area contributed by atoms with Gasteiger partial charge in [0.25, 0.3) is 0 Å². The summed E-state index contributed by atoms with van der Waals surface area (Å²) in [5.74, 6) is -1.44. The summed E-state index contributed by atoms with van der Waals surface area (Å²) < 4.78 is 9.85. The first-order valence-corrected chi connectivity index (χ1v) is 5.72. The molecule has 0 unspecified atom stereocenters. The molecule has 0 spiro atoms. The van der Waals surface area contributed by atoms with E-state index in [1.165, 1.54) is 0 Å². The quantitative estimate of drug-likeness (QED) is 0.809. The van der Waals surface area contributed by atoms with E-state index >= 15 is 0 Å². The predicted octanol–water partition coefficient (Wildman–Crippen LogP) is 0.969. The molecule has 5 heteroatoms. The zero-order valence-corrected chi connectivity index (χ0v) is 9.96. The Bertz CT molecular complexity index is 456. The third-order valence-electron chi connectivity index (χ3n) is 2.83. The Balaban J connectivity index is 2.33. The number of hydrogen-bond acceptors (Lipinski definition) is 5. The molecule has 1 fully saturated rings. The summed E-state index contributed by atoms with van der Waals surface area (Å²) in [4.78, 5) is 23.2. The highest BCUT2D eigenvalue weighted by Gasteiger charge is 2.55. The van der Waals surface area contributed by atoms with Crippen LogP contribution in [0.2, 0.25) is 0 Å². The summed E-state index contributed by atoms with van der Waals surface area (Å²) in [5.41, 5.74) is -1.37. The molecule has 0 amide bonds. The molecule has 1 aromatic rings. The van der Waals surface area contributed by atoms with Crippen LogP contribution in [0, 0.1) is 0 Å². The van der Waals surface area contributed by atoms with E-state index in [1.54, 1.807) is 37.3 Å². The van der Waals surface area contributed by atoms with Crippen LogP contribution < -0.4 is 0 Å². The molecule has 2 rings (SSSR count). The molecular formula is C13H14O5. The van der Waals surface area contributed by atoms with Crippen LogP contribution in [0.3, 0.4) is 0 Å². The Morgan fingerprint density at radius 2 is 2.17 bits per heavy atom. The lowest BCUT2D eigenvalue weighted by Crippen LogP contribution is -2.42. The lowest BCUT2D eigenvalue weighted by atomic mass is 9.90. The molecule has 1 aromatic carbocycles. The van der Waals surface area contributed by atoms with Gasteiger partial charge in [-0.2, -0.15) is 0 Å². The van der Waals surface area contributed by atoms with Gasteiger partial charge in [-0.05, 0) is 12.5 Å². The molecule has 5 nitrogen and oxygen atoms in total. The number of carbonyl (C=O) groups excluding carboxylic acids is 2. The normalized spacial score (nSPS) is 26.8. The SMILES string of the molecule is CCOC(=O)[C@@]1(O)CC(=O)O[C@H]1c1ccccc1. The lowest BCUT2D eigenvalue weighted by Gasteiger charge is -2.24. The highest BCUT2D eigenvalue weighted by molar-refractivity contribution is 5.89. The maximum Gasteiger partial charge on any atom is 0.343 e. The number of esters is 2. The average Bonchev–Trinajstić information content (AvgIpc) is 2.67. The van der Waals surface area contributed by atoms with Crippen LogP contribution in [0.5, 0.6) is 0 Å². The van der Waals surface area contributed by atoms with E-state index in [4.69, 9.17) is 9.47 Å². The van der Waals surface area contributed by atoms with Crippen LogP contribution in [0.15, 0.2) is 30.3 Å².